The van der Waals surface area contributed by atoms with Gasteiger partial charge >= 0.3 is 0 Å². The Kier molecular flexibility index (Phi) is 7.24. The number of nitrogens with zero attached hydrogens (tertiary/aromatic N) is 3. The van der Waals surface area contributed by atoms with Crippen molar-refractivity contribution in [2.24, 2.45) is 5.92 Å². The molecule has 162 valence electrons. The van der Waals surface area contributed by atoms with Crippen LogP contribution in [0.15, 0.2) is 46.9 Å². The largest absolute Gasteiger partial charge is 0.465 e. The molecule has 0 saturated carbocycles. The molecule has 4 rings (SSSR count). The van der Waals surface area contributed by atoms with E-state index in [9.17, 15) is 4.79 Å². The van der Waals surface area contributed by atoms with Crippen LogP contribution >= 0.6 is 0 Å². The second kappa shape index (κ2) is 10.3. The van der Waals surface area contributed by atoms with Crippen LogP contribution in [0.25, 0.3) is 0 Å². The summed E-state index contributed by atoms with van der Waals surface area (Å²) in [6.07, 6.45) is 4.16. The summed E-state index contributed by atoms with van der Waals surface area (Å²) in [5.74, 6) is 3.00. The lowest BCUT2D eigenvalue weighted by molar-refractivity contribution is -0.133. The lowest BCUT2D eigenvalue weighted by Gasteiger charge is -2.36. The molecule has 0 N–H and O–H groups in total. The molecule has 0 aliphatic carbocycles. The fraction of sp³-hybridized carbons (Fsp3) is 0.560. The first-order valence-corrected chi connectivity index (χ1v) is 11.5. The van der Waals surface area contributed by atoms with Crippen molar-refractivity contribution >= 4 is 5.91 Å². The van der Waals surface area contributed by atoms with Crippen LogP contribution in [-0.4, -0.2) is 59.9 Å². The smallest absolute Gasteiger partial charge is 0.222 e. The van der Waals surface area contributed by atoms with E-state index in [0.717, 1.165) is 70.3 Å². The summed E-state index contributed by atoms with van der Waals surface area (Å²) >= 11 is 0. The number of likely N-dealkylation sites (tertiary alicyclic amines) is 1. The first-order chi connectivity index (χ1) is 14.7. The first-order valence-electron chi connectivity index (χ1n) is 11.5. The zero-order chi connectivity index (χ0) is 20.8. The molecule has 1 aromatic heterocycles. The third kappa shape index (κ3) is 5.96. The number of carbonyl (C=O) groups excluding carboxylic acids is 1. The Morgan fingerprint density at radius 3 is 2.50 bits per heavy atom. The van der Waals surface area contributed by atoms with Crippen LogP contribution in [0.4, 0.5) is 0 Å². The molecular formula is C25H35N3O2. The lowest BCUT2D eigenvalue weighted by Crippen LogP contribution is -2.48. The van der Waals surface area contributed by atoms with E-state index in [2.05, 4.69) is 51.1 Å². The quantitative estimate of drug-likeness (QED) is 0.695. The Bertz CT molecular complexity index is 796. The summed E-state index contributed by atoms with van der Waals surface area (Å²) < 4.78 is 5.74. The average molecular weight is 410 g/mol. The molecule has 3 heterocycles. The van der Waals surface area contributed by atoms with Crippen LogP contribution in [-0.2, 0) is 17.9 Å². The van der Waals surface area contributed by atoms with Gasteiger partial charge in [0.1, 0.15) is 11.5 Å². The van der Waals surface area contributed by atoms with Gasteiger partial charge in [-0.3, -0.25) is 14.6 Å². The maximum absolute atomic E-state index is 12.8. The molecule has 0 unspecified atom stereocenters. The van der Waals surface area contributed by atoms with E-state index < -0.39 is 0 Å². The summed E-state index contributed by atoms with van der Waals surface area (Å²) in [5.41, 5.74) is 1.35. The van der Waals surface area contributed by atoms with E-state index in [1.54, 1.807) is 0 Å². The molecule has 2 fully saturated rings. The number of rotatable bonds is 7. The van der Waals surface area contributed by atoms with Crippen LogP contribution in [0.1, 0.15) is 42.8 Å². The van der Waals surface area contributed by atoms with Crippen LogP contribution in [0.3, 0.4) is 0 Å². The summed E-state index contributed by atoms with van der Waals surface area (Å²) in [5, 5.41) is 0. The number of hydrogen-bond donors (Lipinski definition) is 0. The molecule has 0 radical (unpaired) electrons. The van der Waals surface area contributed by atoms with Gasteiger partial charge < -0.3 is 9.32 Å². The number of aryl methyl sites for hydroxylation is 1. The molecule has 0 bridgehead atoms. The van der Waals surface area contributed by atoms with Gasteiger partial charge in [-0.1, -0.05) is 30.3 Å². The molecule has 2 saturated heterocycles. The minimum absolute atomic E-state index is 0.341. The van der Waals surface area contributed by atoms with E-state index in [1.165, 1.54) is 18.4 Å². The first kappa shape index (κ1) is 21.1. The van der Waals surface area contributed by atoms with Crippen LogP contribution in [0.2, 0.25) is 0 Å². The molecule has 2 aromatic rings. The third-order valence-electron chi connectivity index (χ3n) is 6.52. The highest BCUT2D eigenvalue weighted by atomic mass is 16.3. The summed E-state index contributed by atoms with van der Waals surface area (Å²) in [6, 6.07) is 14.7. The zero-order valence-electron chi connectivity index (χ0n) is 18.3. The minimum atomic E-state index is 0.341. The Hall–Kier alpha value is -2.11. The Balaban J connectivity index is 1.16. The topological polar surface area (TPSA) is 39.9 Å². The SMILES string of the molecule is Cc1ccc(CN2CCC[C@@H](CCC(=O)N3CCN(Cc4ccccc4)CC3)C2)o1. The van der Waals surface area contributed by atoms with E-state index >= 15 is 0 Å². The Morgan fingerprint density at radius 1 is 0.967 bits per heavy atom. The predicted octanol–water partition coefficient (Wildman–Crippen LogP) is 3.92. The molecular weight excluding hydrogens is 374 g/mol. The van der Waals surface area contributed by atoms with Crippen molar-refractivity contribution in [3.63, 3.8) is 0 Å². The van der Waals surface area contributed by atoms with Gasteiger partial charge in [0.15, 0.2) is 0 Å². The number of benzene rings is 1. The van der Waals surface area contributed by atoms with Crippen molar-refractivity contribution < 1.29 is 9.21 Å². The fourth-order valence-corrected chi connectivity index (χ4v) is 4.80. The number of amides is 1. The van der Waals surface area contributed by atoms with Gasteiger partial charge in [0, 0.05) is 45.7 Å². The second-order valence-electron chi connectivity index (χ2n) is 8.94. The van der Waals surface area contributed by atoms with Gasteiger partial charge in [-0.25, -0.2) is 0 Å². The predicted molar refractivity (Wildman–Crippen MR) is 119 cm³/mol. The zero-order valence-corrected chi connectivity index (χ0v) is 18.3. The molecule has 1 atom stereocenters. The second-order valence-corrected chi connectivity index (χ2v) is 8.94. The summed E-state index contributed by atoms with van der Waals surface area (Å²) in [7, 11) is 0. The number of piperidine rings is 1. The normalized spacial score (nSPS) is 21.1. The number of carbonyl (C=O) groups is 1. The highest BCUT2D eigenvalue weighted by Gasteiger charge is 2.24. The van der Waals surface area contributed by atoms with Crippen molar-refractivity contribution in [3.05, 3.63) is 59.5 Å². The van der Waals surface area contributed by atoms with Crippen molar-refractivity contribution in [1.82, 2.24) is 14.7 Å². The maximum atomic E-state index is 12.8. The summed E-state index contributed by atoms with van der Waals surface area (Å²) in [4.78, 5) is 19.8. The monoisotopic (exact) mass is 409 g/mol. The molecule has 1 aromatic carbocycles. The van der Waals surface area contributed by atoms with Gasteiger partial charge in [0.05, 0.1) is 6.54 Å². The number of furan rings is 1. The van der Waals surface area contributed by atoms with Gasteiger partial charge in [-0.2, -0.15) is 0 Å². The van der Waals surface area contributed by atoms with Gasteiger partial charge in [0.2, 0.25) is 5.91 Å². The molecule has 0 spiro atoms. The molecule has 5 heteroatoms. The van der Waals surface area contributed by atoms with E-state index in [-0.39, 0.29) is 0 Å². The van der Waals surface area contributed by atoms with Crippen LogP contribution in [0, 0.1) is 12.8 Å². The maximum Gasteiger partial charge on any atom is 0.222 e. The Labute approximate surface area is 180 Å². The molecule has 5 nitrogen and oxygen atoms in total. The average Bonchev–Trinajstić information content (AvgIpc) is 3.18. The van der Waals surface area contributed by atoms with E-state index in [1.807, 2.05) is 13.0 Å². The van der Waals surface area contributed by atoms with Crippen molar-refractivity contribution in [3.8, 4) is 0 Å². The standard InChI is InChI=1S/C25H35N3O2/c1-21-9-11-24(30-21)20-27-13-5-8-23(19-27)10-12-25(29)28-16-14-26(15-17-28)18-22-6-3-2-4-7-22/h2-4,6-7,9,11,23H,5,8,10,12-20H2,1H3/t23-/m0/s1. The molecule has 2 aliphatic heterocycles. The summed E-state index contributed by atoms with van der Waals surface area (Å²) in [6.45, 7) is 9.75. The molecule has 30 heavy (non-hydrogen) atoms. The fourth-order valence-electron chi connectivity index (χ4n) is 4.80. The lowest BCUT2D eigenvalue weighted by atomic mass is 9.93. The van der Waals surface area contributed by atoms with Crippen molar-refractivity contribution in [1.29, 1.82) is 0 Å². The van der Waals surface area contributed by atoms with Crippen LogP contribution in [0.5, 0.6) is 0 Å². The highest BCUT2D eigenvalue weighted by Crippen LogP contribution is 2.23. The highest BCUT2D eigenvalue weighted by molar-refractivity contribution is 5.76. The minimum Gasteiger partial charge on any atom is -0.465 e. The van der Waals surface area contributed by atoms with E-state index in [4.69, 9.17) is 4.42 Å². The van der Waals surface area contributed by atoms with Gasteiger partial charge in [-0.05, 0) is 56.3 Å². The van der Waals surface area contributed by atoms with Crippen molar-refractivity contribution in [2.75, 3.05) is 39.3 Å². The Morgan fingerprint density at radius 2 is 1.77 bits per heavy atom. The van der Waals surface area contributed by atoms with Crippen LogP contribution < -0.4 is 0 Å². The van der Waals surface area contributed by atoms with Gasteiger partial charge in [-0.15, -0.1) is 0 Å². The number of piperazine rings is 1. The molecule has 2 aliphatic rings. The van der Waals surface area contributed by atoms with Crippen molar-refractivity contribution in [2.45, 2.75) is 45.7 Å². The number of hydrogen-bond acceptors (Lipinski definition) is 4. The third-order valence-corrected chi connectivity index (χ3v) is 6.52. The van der Waals surface area contributed by atoms with E-state index in [0.29, 0.717) is 18.2 Å². The molecule has 1 amide bonds. The van der Waals surface area contributed by atoms with Gasteiger partial charge in [0.25, 0.3) is 0 Å².